The van der Waals surface area contributed by atoms with E-state index in [1.165, 1.54) is 16.8 Å². The predicted octanol–water partition coefficient (Wildman–Crippen LogP) is 2.21. The Balaban J connectivity index is 2.05. The van der Waals surface area contributed by atoms with Gasteiger partial charge in [-0.15, -0.1) is 0 Å². The van der Waals surface area contributed by atoms with Crippen LogP contribution in [-0.4, -0.2) is 12.1 Å². The minimum absolute atomic E-state index is 0.414. The molecule has 0 amide bonds. The first-order chi connectivity index (χ1) is 6.65. The molecule has 0 heterocycles. The molecule has 3 N–H and O–H groups in total. The maximum atomic E-state index is 5.75. The minimum atomic E-state index is 0.414. The maximum absolute atomic E-state index is 5.75. The second kappa shape index (κ2) is 3.62. The summed E-state index contributed by atoms with van der Waals surface area (Å²) in [5.74, 6) is 0. The summed E-state index contributed by atoms with van der Waals surface area (Å²) in [5, 5.41) is 3.54. The molecular formula is C12H18N2. The topological polar surface area (TPSA) is 38.0 Å². The number of rotatable bonds is 2. The molecule has 2 rings (SSSR count). The van der Waals surface area contributed by atoms with Gasteiger partial charge < -0.3 is 11.1 Å². The summed E-state index contributed by atoms with van der Waals surface area (Å²) in [7, 11) is 0. The van der Waals surface area contributed by atoms with Crippen LogP contribution < -0.4 is 11.1 Å². The molecule has 0 aliphatic heterocycles. The van der Waals surface area contributed by atoms with Crippen LogP contribution in [0.4, 0.5) is 5.69 Å². The normalized spacial score (nSPS) is 25.6. The zero-order valence-corrected chi connectivity index (χ0v) is 8.88. The third-order valence-electron chi connectivity index (χ3n) is 2.93. The Morgan fingerprint density at radius 2 is 2.00 bits per heavy atom. The number of hydrogen-bond donors (Lipinski definition) is 2. The van der Waals surface area contributed by atoms with Crippen molar-refractivity contribution in [3.05, 3.63) is 29.3 Å². The van der Waals surface area contributed by atoms with Crippen LogP contribution in [0.5, 0.6) is 0 Å². The Labute approximate surface area is 85.5 Å². The van der Waals surface area contributed by atoms with E-state index >= 15 is 0 Å². The molecule has 0 atom stereocenters. The van der Waals surface area contributed by atoms with Gasteiger partial charge in [0.25, 0.3) is 0 Å². The summed E-state index contributed by atoms with van der Waals surface area (Å²) in [6.45, 7) is 4.26. The highest BCUT2D eigenvalue weighted by Crippen LogP contribution is 2.25. The molecule has 2 heteroatoms. The Morgan fingerprint density at radius 1 is 1.29 bits per heavy atom. The number of hydrogen-bond acceptors (Lipinski definition) is 2. The van der Waals surface area contributed by atoms with E-state index in [9.17, 15) is 0 Å². The van der Waals surface area contributed by atoms with Crippen molar-refractivity contribution in [1.29, 1.82) is 0 Å². The molecule has 1 aliphatic carbocycles. The highest BCUT2D eigenvalue weighted by Gasteiger charge is 2.25. The Kier molecular flexibility index (Phi) is 2.46. The first-order valence-electron chi connectivity index (χ1n) is 5.24. The lowest BCUT2D eigenvalue weighted by Crippen LogP contribution is -2.44. The zero-order chi connectivity index (χ0) is 10.1. The largest absolute Gasteiger partial charge is 0.382 e. The molecule has 14 heavy (non-hydrogen) atoms. The van der Waals surface area contributed by atoms with Crippen molar-refractivity contribution in [2.24, 2.45) is 5.73 Å². The quantitative estimate of drug-likeness (QED) is 0.750. The Hall–Kier alpha value is -1.02. The summed E-state index contributed by atoms with van der Waals surface area (Å²) in [6.07, 6.45) is 2.21. The van der Waals surface area contributed by atoms with E-state index in [4.69, 9.17) is 5.73 Å². The van der Waals surface area contributed by atoms with Crippen molar-refractivity contribution in [3.63, 3.8) is 0 Å². The lowest BCUT2D eigenvalue weighted by Gasteiger charge is -2.34. The van der Waals surface area contributed by atoms with Gasteiger partial charge >= 0.3 is 0 Å². The van der Waals surface area contributed by atoms with Crippen LogP contribution in [-0.2, 0) is 0 Å². The van der Waals surface area contributed by atoms with E-state index in [-0.39, 0.29) is 0 Å². The van der Waals surface area contributed by atoms with Crippen LogP contribution in [0.25, 0.3) is 0 Å². The van der Waals surface area contributed by atoms with Gasteiger partial charge in [-0.25, -0.2) is 0 Å². The molecular weight excluding hydrogens is 172 g/mol. The molecule has 1 aromatic carbocycles. The van der Waals surface area contributed by atoms with Gasteiger partial charge in [0, 0.05) is 17.8 Å². The molecule has 0 bridgehead atoms. The standard InChI is InChI=1S/C12H18N2/c1-8-3-4-9(2)12(5-8)14-11-6-10(13)7-11/h3-5,10-11,14H,6-7,13H2,1-2H3. The predicted molar refractivity (Wildman–Crippen MR) is 60.5 cm³/mol. The van der Waals surface area contributed by atoms with Crippen LogP contribution in [0.3, 0.4) is 0 Å². The van der Waals surface area contributed by atoms with Gasteiger partial charge in [-0.2, -0.15) is 0 Å². The van der Waals surface area contributed by atoms with Gasteiger partial charge in [0.15, 0.2) is 0 Å². The van der Waals surface area contributed by atoms with Gasteiger partial charge in [0.1, 0.15) is 0 Å². The monoisotopic (exact) mass is 190 g/mol. The molecule has 0 aromatic heterocycles. The van der Waals surface area contributed by atoms with Gasteiger partial charge in [0.2, 0.25) is 0 Å². The molecule has 1 saturated carbocycles. The molecule has 2 nitrogen and oxygen atoms in total. The Morgan fingerprint density at radius 3 is 2.64 bits per heavy atom. The van der Waals surface area contributed by atoms with Gasteiger partial charge in [-0.05, 0) is 43.9 Å². The van der Waals surface area contributed by atoms with Crippen molar-refractivity contribution in [2.75, 3.05) is 5.32 Å². The summed E-state index contributed by atoms with van der Waals surface area (Å²) in [4.78, 5) is 0. The summed E-state index contributed by atoms with van der Waals surface area (Å²) >= 11 is 0. The van der Waals surface area contributed by atoms with Crippen molar-refractivity contribution in [2.45, 2.75) is 38.8 Å². The number of nitrogens with two attached hydrogens (primary N) is 1. The molecule has 1 aromatic rings. The van der Waals surface area contributed by atoms with E-state index < -0.39 is 0 Å². The summed E-state index contributed by atoms with van der Waals surface area (Å²) in [6, 6.07) is 7.52. The molecule has 0 radical (unpaired) electrons. The third-order valence-corrected chi connectivity index (χ3v) is 2.93. The van der Waals surface area contributed by atoms with E-state index in [1.54, 1.807) is 0 Å². The molecule has 0 saturated heterocycles. The molecule has 1 aliphatic rings. The fraction of sp³-hybridized carbons (Fsp3) is 0.500. The Bertz CT molecular complexity index is 327. The molecule has 1 fully saturated rings. The second-order valence-electron chi connectivity index (χ2n) is 4.39. The van der Waals surface area contributed by atoms with Crippen molar-refractivity contribution >= 4 is 5.69 Å². The maximum Gasteiger partial charge on any atom is 0.0374 e. The van der Waals surface area contributed by atoms with Crippen LogP contribution in [0.1, 0.15) is 24.0 Å². The van der Waals surface area contributed by atoms with Crippen LogP contribution in [0.15, 0.2) is 18.2 Å². The fourth-order valence-electron chi connectivity index (χ4n) is 1.89. The van der Waals surface area contributed by atoms with Crippen molar-refractivity contribution in [3.8, 4) is 0 Å². The van der Waals surface area contributed by atoms with Crippen molar-refractivity contribution < 1.29 is 0 Å². The lowest BCUT2D eigenvalue weighted by molar-refractivity contribution is 0.373. The first-order valence-corrected chi connectivity index (χ1v) is 5.24. The average molecular weight is 190 g/mol. The smallest absolute Gasteiger partial charge is 0.0374 e. The van der Waals surface area contributed by atoms with E-state index in [0.717, 1.165) is 12.8 Å². The van der Waals surface area contributed by atoms with E-state index in [2.05, 4.69) is 37.4 Å². The van der Waals surface area contributed by atoms with Crippen molar-refractivity contribution in [1.82, 2.24) is 0 Å². The lowest BCUT2D eigenvalue weighted by atomic mass is 9.87. The fourth-order valence-corrected chi connectivity index (χ4v) is 1.89. The molecule has 0 spiro atoms. The number of aryl methyl sites for hydroxylation is 2. The van der Waals surface area contributed by atoms with Crippen LogP contribution >= 0.6 is 0 Å². The number of anilines is 1. The van der Waals surface area contributed by atoms with Gasteiger partial charge in [-0.3, -0.25) is 0 Å². The third kappa shape index (κ3) is 1.90. The molecule has 76 valence electrons. The summed E-state index contributed by atoms with van der Waals surface area (Å²) < 4.78 is 0. The SMILES string of the molecule is Cc1ccc(C)c(NC2CC(N)C2)c1. The first kappa shape index (κ1) is 9.53. The van der Waals surface area contributed by atoms with Gasteiger partial charge in [-0.1, -0.05) is 12.1 Å². The summed E-state index contributed by atoms with van der Waals surface area (Å²) in [5.41, 5.74) is 9.64. The molecule has 0 unspecified atom stereocenters. The van der Waals surface area contributed by atoms with Crippen LogP contribution in [0, 0.1) is 13.8 Å². The number of nitrogens with one attached hydrogen (secondary N) is 1. The van der Waals surface area contributed by atoms with E-state index in [0.29, 0.717) is 12.1 Å². The van der Waals surface area contributed by atoms with Gasteiger partial charge in [0.05, 0.1) is 0 Å². The van der Waals surface area contributed by atoms with Crippen LogP contribution in [0.2, 0.25) is 0 Å². The number of benzene rings is 1. The minimum Gasteiger partial charge on any atom is -0.382 e. The van der Waals surface area contributed by atoms with E-state index in [1.807, 2.05) is 0 Å². The zero-order valence-electron chi connectivity index (χ0n) is 8.88. The highest BCUT2D eigenvalue weighted by molar-refractivity contribution is 5.53. The average Bonchev–Trinajstić information content (AvgIpc) is 2.09. The second-order valence-corrected chi connectivity index (χ2v) is 4.39. The highest BCUT2D eigenvalue weighted by atomic mass is 15.0.